The maximum atomic E-state index is 13.1. The minimum absolute atomic E-state index is 0.110. The zero-order valence-electron chi connectivity index (χ0n) is 17.2. The zero-order valence-corrected chi connectivity index (χ0v) is 17.2. The van der Waals surface area contributed by atoms with E-state index in [1.165, 1.54) is 5.56 Å². The van der Waals surface area contributed by atoms with Gasteiger partial charge < -0.3 is 9.80 Å². The molecule has 3 aliphatic heterocycles. The topological polar surface area (TPSA) is 81.8 Å². The van der Waals surface area contributed by atoms with Crippen LogP contribution in [0, 0.1) is 5.92 Å². The van der Waals surface area contributed by atoms with Gasteiger partial charge in [0.15, 0.2) is 0 Å². The summed E-state index contributed by atoms with van der Waals surface area (Å²) in [5.41, 5.74) is 0.416. The number of carbonyl (C=O) groups is 3. The molecule has 7 nitrogen and oxygen atoms in total. The molecule has 0 bridgehead atoms. The van der Waals surface area contributed by atoms with Crippen LogP contribution in [0.5, 0.6) is 0 Å². The van der Waals surface area contributed by atoms with Gasteiger partial charge in [0.1, 0.15) is 5.54 Å². The number of rotatable bonds is 4. The van der Waals surface area contributed by atoms with Gasteiger partial charge >= 0.3 is 6.03 Å². The van der Waals surface area contributed by atoms with E-state index in [-0.39, 0.29) is 35.8 Å². The molecule has 3 heterocycles. The summed E-state index contributed by atoms with van der Waals surface area (Å²) in [4.78, 5) is 41.5. The van der Waals surface area contributed by atoms with Gasteiger partial charge in [-0.25, -0.2) is 4.79 Å². The van der Waals surface area contributed by atoms with E-state index in [1.807, 2.05) is 36.9 Å². The van der Waals surface area contributed by atoms with Crippen molar-refractivity contribution in [1.82, 2.24) is 20.4 Å². The molecule has 1 spiro atoms. The van der Waals surface area contributed by atoms with Crippen molar-refractivity contribution in [2.24, 2.45) is 5.92 Å². The van der Waals surface area contributed by atoms with Gasteiger partial charge in [0, 0.05) is 25.7 Å². The van der Waals surface area contributed by atoms with E-state index in [2.05, 4.69) is 22.8 Å². The van der Waals surface area contributed by atoms with Crippen LogP contribution >= 0.6 is 0 Å². The van der Waals surface area contributed by atoms with Gasteiger partial charge in [-0.1, -0.05) is 44.2 Å². The summed E-state index contributed by atoms with van der Waals surface area (Å²) >= 11 is 0. The minimum Gasteiger partial charge on any atom is -0.341 e. The minimum atomic E-state index is -0.798. The summed E-state index contributed by atoms with van der Waals surface area (Å²) in [7, 11) is 0. The van der Waals surface area contributed by atoms with Gasteiger partial charge in [0.05, 0.1) is 6.04 Å². The Morgan fingerprint density at radius 2 is 1.83 bits per heavy atom. The lowest BCUT2D eigenvalue weighted by Crippen LogP contribution is -2.59. The smallest absolute Gasteiger partial charge is 0.325 e. The third kappa shape index (κ3) is 3.64. The van der Waals surface area contributed by atoms with Crippen LogP contribution in [0.2, 0.25) is 0 Å². The highest BCUT2D eigenvalue weighted by molar-refractivity contribution is 6.07. The Morgan fingerprint density at radius 1 is 1.14 bits per heavy atom. The Hall–Kier alpha value is -2.41. The summed E-state index contributed by atoms with van der Waals surface area (Å²) in [5, 5.41) is 5.97. The van der Waals surface area contributed by atoms with Crippen molar-refractivity contribution in [3.63, 3.8) is 0 Å². The van der Waals surface area contributed by atoms with Crippen molar-refractivity contribution in [2.45, 2.75) is 57.2 Å². The molecule has 29 heavy (non-hydrogen) atoms. The van der Waals surface area contributed by atoms with E-state index in [9.17, 15) is 14.4 Å². The lowest BCUT2D eigenvalue weighted by molar-refractivity contribution is -0.139. The van der Waals surface area contributed by atoms with Crippen molar-refractivity contribution in [3.8, 4) is 0 Å². The van der Waals surface area contributed by atoms with Crippen LogP contribution in [-0.4, -0.2) is 58.9 Å². The van der Waals surface area contributed by atoms with Crippen LogP contribution < -0.4 is 10.6 Å². The van der Waals surface area contributed by atoms with Gasteiger partial charge in [-0.3, -0.25) is 20.2 Å². The number of hydrogen-bond donors (Lipinski definition) is 2. The molecule has 1 aromatic rings. The molecular weight excluding hydrogens is 368 g/mol. The van der Waals surface area contributed by atoms with Gasteiger partial charge in [-0.05, 0) is 37.2 Å². The molecule has 3 fully saturated rings. The Labute approximate surface area is 171 Å². The average Bonchev–Trinajstić information content (AvgIpc) is 3.29. The number of nitrogens with one attached hydrogen (secondary N) is 2. The second kappa shape index (κ2) is 7.78. The average molecular weight is 399 g/mol. The number of carbonyl (C=O) groups excluding carboxylic acids is 3. The highest BCUT2D eigenvalue weighted by Gasteiger charge is 2.54. The molecule has 4 rings (SSSR count). The molecule has 0 unspecified atom stereocenters. The quantitative estimate of drug-likeness (QED) is 0.761. The first-order valence-corrected chi connectivity index (χ1v) is 10.6. The summed E-state index contributed by atoms with van der Waals surface area (Å²) in [6, 6.07) is 9.95. The predicted molar refractivity (Wildman–Crippen MR) is 109 cm³/mol. The molecule has 0 saturated carbocycles. The van der Waals surface area contributed by atoms with Gasteiger partial charge in [-0.15, -0.1) is 0 Å². The molecule has 4 amide bonds. The summed E-state index contributed by atoms with van der Waals surface area (Å²) in [6.45, 7) is 5.63. The largest absolute Gasteiger partial charge is 0.341 e. The fraction of sp³-hybridized carbons (Fsp3) is 0.591. The highest BCUT2D eigenvalue weighted by atomic mass is 16.2. The Kier molecular flexibility index (Phi) is 5.34. The van der Waals surface area contributed by atoms with E-state index in [0.717, 1.165) is 12.8 Å². The maximum Gasteiger partial charge on any atom is 0.325 e. The van der Waals surface area contributed by atoms with Gasteiger partial charge in [0.2, 0.25) is 5.91 Å². The first-order chi connectivity index (χ1) is 13.9. The fourth-order valence-corrected chi connectivity index (χ4v) is 4.92. The van der Waals surface area contributed by atoms with E-state index in [1.54, 1.807) is 4.90 Å². The standard InChI is InChI=1S/C22H30N4O3/c1-15(2)14-26-21(29)24-20(28)22(26)10-12-25(13-11-22)19(27)18-9-8-17(23-18)16-6-4-3-5-7-16/h3-7,15,17-18,23H,8-14H2,1-2H3,(H,24,28,29)/t17-,18-/m1/s1. The van der Waals surface area contributed by atoms with Crippen LogP contribution in [0.25, 0.3) is 0 Å². The lowest BCUT2D eigenvalue weighted by Gasteiger charge is -2.43. The van der Waals surface area contributed by atoms with E-state index < -0.39 is 5.54 Å². The van der Waals surface area contributed by atoms with Crippen molar-refractivity contribution in [1.29, 1.82) is 0 Å². The second-order valence-corrected chi connectivity index (χ2v) is 8.88. The lowest BCUT2D eigenvalue weighted by atomic mass is 9.85. The number of likely N-dealkylation sites (tertiary alicyclic amines) is 1. The van der Waals surface area contributed by atoms with E-state index in [0.29, 0.717) is 32.5 Å². The second-order valence-electron chi connectivity index (χ2n) is 8.88. The SMILES string of the molecule is CC(C)CN1C(=O)NC(=O)C12CCN(C(=O)[C@H]1CC[C@H](c3ccccc3)N1)CC2. The number of hydrogen-bond acceptors (Lipinski definition) is 4. The normalized spacial score (nSPS) is 26.4. The molecular formula is C22H30N4O3. The number of piperidine rings is 1. The Bertz CT molecular complexity index is 787. The molecule has 3 aliphatic rings. The number of imide groups is 1. The Balaban J connectivity index is 1.39. The van der Waals surface area contributed by atoms with Crippen molar-refractivity contribution in [2.75, 3.05) is 19.6 Å². The molecule has 7 heteroatoms. The number of nitrogens with zero attached hydrogens (tertiary/aromatic N) is 2. The molecule has 1 aromatic carbocycles. The first-order valence-electron chi connectivity index (χ1n) is 10.6. The van der Waals surface area contributed by atoms with Gasteiger partial charge in [-0.2, -0.15) is 0 Å². The predicted octanol–water partition coefficient (Wildman–Crippen LogP) is 2.05. The first kappa shape index (κ1) is 19.9. The summed E-state index contributed by atoms with van der Waals surface area (Å²) < 4.78 is 0. The molecule has 3 saturated heterocycles. The van der Waals surface area contributed by atoms with Crippen LogP contribution in [0.1, 0.15) is 51.1 Å². The molecule has 0 radical (unpaired) electrons. The van der Waals surface area contributed by atoms with Crippen LogP contribution in [0.15, 0.2) is 30.3 Å². The fourth-order valence-electron chi connectivity index (χ4n) is 4.92. The van der Waals surface area contributed by atoms with Crippen molar-refractivity contribution >= 4 is 17.8 Å². The van der Waals surface area contributed by atoms with Gasteiger partial charge in [0.25, 0.3) is 5.91 Å². The number of urea groups is 1. The third-order valence-electron chi connectivity index (χ3n) is 6.50. The summed E-state index contributed by atoms with van der Waals surface area (Å²) in [6.07, 6.45) is 2.76. The van der Waals surface area contributed by atoms with Crippen LogP contribution in [0.3, 0.4) is 0 Å². The molecule has 156 valence electrons. The monoisotopic (exact) mass is 398 g/mol. The number of amides is 4. The van der Waals surface area contributed by atoms with Crippen LogP contribution in [-0.2, 0) is 9.59 Å². The molecule has 0 aliphatic carbocycles. The number of benzene rings is 1. The molecule has 2 N–H and O–H groups in total. The van der Waals surface area contributed by atoms with Crippen molar-refractivity contribution in [3.05, 3.63) is 35.9 Å². The summed E-state index contributed by atoms with van der Waals surface area (Å²) in [5.74, 6) is 0.178. The van der Waals surface area contributed by atoms with Crippen LogP contribution in [0.4, 0.5) is 4.79 Å². The van der Waals surface area contributed by atoms with E-state index in [4.69, 9.17) is 0 Å². The highest BCUT2D eigenvalue weighted by Crippen LogP contribution is 2.35. The molecule has 2 atom stereocenters. The van der Waals surface area contributed by atoms with Crippen molar-refractivity contribution < 1.29 is 14.4 Å². The zero-order chi connectivity index (χ0) is 20.6. The molecule has 0 aromatic heterocycles. The Morgan fingerprint density at radius 3 is 2.48 bits per heavy atom. The van der Waals surface area contributed by atoms with E-state index >= 15 is 0 Å². The third-order valence-corrected chi connectivity index (χ3v) is 6.50. The maximum absolute atomic E-state index is 13.1.